The molecule has 1 saturated heterocycles. The molecule has 2 aromatic rings. The second-order valence-electron chi connectivity index (χ2n) is 9.08. The smallest absolute Gasteiger partial charge is 0.250 e. The maximum atomic E-state index is 12.2. The highest BCUT2D eigenvalue weighted by atomic mass is 16.5. The lowest BCUT2D eigenvalue weighted by Crippen LogP contribution is -2.49. The van der Waals surface area contributed by atoms with Crippen LogP contribution in [0, 0.1) is 12.8 Å². The molecule has 2 aliphatic heterocycles. The number of ether oxygens (including phenoxy) is 1. The Balaban J connectivity index is 1.38. The predicted octanol–water partition coefficient (Wildman–Crippen LogP) is 3.14. The first-order valence-electron chi connectivity index (χ1n) is 10.7. The topological polar surface area (TPSA) is 54.7 Å². The minimum atomic E-state index is -0.535. The van der Waals surface area contributed by atoms with Gasteiger partial charge in [0.2, 0.25) is 0 Å². The number of hydrogen-bond acceptors (Lipinski definition) is 4. The fourth-order valence-electron chi connectivity index (χ4n) is 4.92. The molecule has 0 amide bonds. The normalized spacial score (nSPS) is 22.4. The van der Waals surface area contributed by atoms with Crippen molar-refractivity contribution >= 4 is 0 Å². The summed E-state index contributed by atoms with van der Waals surface area (Å²) in [5.74, 6) is 2.10. The van der Waals surface area contributed by atoms with Crippen molar-refractivity contribution in [3.63, 3.8) is 0 Å². The quantitative estimate of drug-likeness (QED) is 0.815. The van der Waals surface area contributed by atoms with Crippen molar-refractivity contribution in [2.75, 3.05) is 26.2 Å². The Morgan fingerprint density at radius 3 is 2.79 bits per heavy atom. The van der Waals surface area contributed by atoms with Gasteiger partial charge in [0.05, 0.1) is 0 Å². The van der Waals surface area contributed by atoms with Gasteiger partial charge in [-0.05, 0) is 48.4 Å². The first-order chi connectivity index (χ1) is 13.9. The fourth-order valence-corrected chi connectivity index (χ4v) is 4.92. The SMILES string of the molecule is Cc1ccc(C(C)C)c(OCC(O)CN2CC3CC(C2)c2cccc(=O)n2C3)c1. The zero-order valence-electron chi connectivity index (χ0n) is 17.7. The van der Waals surface area contributed by atoms with E-state index in [4.69, 9.17) is 4.74 Å². The molecule has 1 fully saturated rings. The van der Waals surface area contributed by atoms with E-state index in [1.807, 2.05) is 10.6 Å². The molecule has 2 aliphatic rings. The van der Waals surface area contributed by atoms with E-state index in [2.05, 4.69) is 49.9 Å². The number of aryl methyl sites for hydroxylation is 1. The number of β-amino-alcohol motifs (C(OH)–C–C–N with tert-alkyl or cyclic N) is 1. The molecule has 5 nitrogen and oxygen atoms in total. The second-order valence-corrected chi connectivity index (χ2v) is 9.08. The van der Waals surface area contributed by atoms with Crippen LogP contribution in [-0.2, 0) is 6.54 Å². The highest BCUT2D eigenvalue weighted by molar-refractivity contribution is 5.39. The molecule has 1 N–H and O–H groups in total. The molecule has 1 aromatic carbocycles. The van der Waals surface area contributed by atoms with E-state index < -0.39 is 6.10 Å². The molecule has 2 bridgehead atoms. The molecule has 0 radical (unpaired) electrons. The van der Waals surface area contributed by atoms with Crippen molar-refractivity contribution in [2.24, 2.45) is 5.92 Å². The van der Waals surface area contributed by atoms with Crippen LogP contribution in [-0.4, -0.2) is 46.9 Å². The summed E-state index contributed by atoms with van der Waals surface area (Å²) in [5, 5.41) is 10.6. The van der Waals surface area contributed by atoms with Gasteiger partial charge in [0.25, 0.3) is 5.56 Å². The number of pyridine rings is 1. The van der Waals surface area contributed by atoms with Crippen molar-refractivity contribution in [3.8, 4) is 5.75 Å². The monoisotopic (exact) mass is 396 g/mol. The first kappa shape index (κ1) is 20.2. The number of piperidine rings is 1. The van der Waals surface area contributed by atoms with Crippen molar-refractivity contribution in [1.29, 1.82) is 0 Å². The number of aliphatic hydroxyl groups is 1. The average molecular weight is 397 g/mol. The van der Waals surface area contributed by atoms with Crippen LogP contribution in [0.15, 0.2) is 41.2 Å². The van der Waals surface area contributed by atoms with Crippen LogP contribution in [0.1, 0.15) is 48.9 Å². The highest BCUT2D eigenvalue weighted by Crippen LogP contribution is 2.35. The van der Waals surface area contributed by atoms with Crippen LogP contribution in [0.4, 0.5) is 0 Å². The van der Waals surface area contributed by atoms with Crippen LogP contribution in [0.2, 0.25) is 0 Å². The van der Waals surface area contributed by atoms with Gasteiger partial charge in [-0.2, -0.15) is 0 Å². The first-order valence-corrected chi connectivity index (χ1v) is 10.7. The molecule has 29 heavy (non-hydrogen) atoms. The van der Waals surface area contributed by atoms with Crippen LogP contribution in [0.3, 0.4) is 0 Å². The third-order valence-electron chi connectivity index (χ3n) is 6.25. The Hall–Kier alpha value is -2.11. The molecule has 5 heteroatoms. The third kappa shape index (κ3) is 4.41. The molecular weight excluding hydrogens is 364 g/mol. The molecular formula is C24H32N2O3. The summed E-state index contributed by atoms with van der Waals surface area (Å²) in [6.07, 6.45) is 0.598. The summed E-state index contributed by atoms with van der Waals surface area (Å²) in [6, 6.07) is 11.9. The maximum absolute atomic E-state index is 12.2. The van der Waals surface area contributed by atoms with Crippen molar-refractivity contribution in [2.45, 2.75) is 51.7 Å². The molecule has 3 atom stereocenters. The molecule has 0 saturated carbocycles. The molecule has 0 aliphatic carbocycles. The minimum Gasteiger partial charge on any atom is -0.491 e. The molecule has 156 valence electrons. The van der Waals surface area contributed by atoms with Gasteiger partial charge in [-0.3, -0.25) is 9.69 Å². The van der Waals surface area contributed by atoms with Gasteiger partial charge < -0.3 is 14.4 Å². The number of fused-ring (bicyclic) bond motifs is 4. The zero-order valence-corrected chi connectivity index (χ0v) is 17.7. The number of rotatable bonds is 6. The third-order valence-corrected chi connectivity index (χ3v) is 6.25. The van der Waals surface area contributed by atoms with Gasteiger partial charge >= 0.3 is 0 Å². The fraction of sp³-hybridized carbons (Fsp3) is 0.542. The largest absolute Gasteiger partial charge is 0.491 e. The zero-order chi connectivity index (χ0) is 20.5. The standard InChI is InChI=1S/C24H32N2O3/c1-16(2)21-8-7-17(3)9-23(21)29-15-20(27)14-25-11-18-10-19(13-25)22-5-4-6-24(28)26(22)12-18/h4-9,16,18-20,27H,10-15H2,1-3H3. The Bertz CT molecular complexity index is 921. The van der Waals surface area contributed by atoms with Crippen LogP contribution < -0.4 is 10.3 Å². The van der Waals surface area contributed by atoms with E-state index >= 15 is 0 Å². The number of likely N-dealkylation sites (tertiary alicyclic amines) is 1. The van der Waals surface area contributed by atoms with Crippen LogP contribution >= 0.6 is 0 Å². The number of aliphatic hydroxyl groups excluding tert-OH is 1. The van der Waals surface area contributed by atoms with Gasteiger partial charge in [0, 0.05) is 43.9 Å². The average Bonchev–Trinajstić information content (AvgIpc) is 2.67. The Labute approximate surface area is 172 Å². The van der Waals surface area contributed by atoms with Crippen LogP contribution in [0.5, 0.6) is 5.75 Å². The summed E-state index contributed by atoms with van der Waals surface area (Å²) >= 11 is 0. The summed E-state index contributed by atoms with van der Waals surface area (Å²) in [5.41, 5.74) is 3.60. The molecule has 0 spiro atoms. The van der Waals surface area contributed by atoms with Gasteiger partial charge in [-0.25, -0.2) is 0 Å². The molecule has 4 rings (SSSR count). The molecule has 1 aromatic heterocycles. The highest BCUT2D eigenvalue weighted by Gasteiger charge is 2.34. The Kier molecular flexibility index (Phi) is 5.79. The van der Waals surface area contributed by atoms with E-state index in [9.17, 15) is 9.90 Å². The Morgan fingerprint density at radius 2 is 2.00 bits per heavy atom. The van der Waals surface area contributed by atoms with Crippen molar-refractivity contribution in [3.05, 3.63) is 63.6 Å². The summed E-state index contributed by atoms with van der Waals surface area (Å²) < 4.78 is 7.97. The van der Waals surface area contributed by atoms with Gasteiger partial charge in [-0.15, -0.1) is 0 Å². The number of nitrogens with zero attached hydrogens (tertiary/aromatic N) is 2. The predicted molar refractivity (Wildman–Crippen MR) is 115 cm³/mol. The van der Waals surface area contributed by atoms with Gasteiger partial charge in [-0.1, -0.05) is 32.0 Å². The summed E-state index contributed by atoms with van der Waals surface area (Å²) in [4.78, 5) is 14.5. The molecule has 3 heterocycles. The van der Waals surface area contributed by atoms with E-state index in [-0.39, 0.29) is 5.56 Å². The van der Waals surface area contributed by atoms with Crippen molar-refractivity contribution in [1.82, 2.24) is 9.47 Å². The number of benzene rings is 1. The van der Waals surface area contributed by atoms with Gasteiger partial charge in [0.1, 0.15) is 18.5 Å². The van der Waals surface area contributed by atoms with E-state index in [0.717, 1.165) is 43.1 Å². The van der Waals surface area contributed by atoms with E-state index in [0.29, 0.717) is 30.9 Å². The van der Waals surface area contributed by atoms with E-state index in [1.165, 1.54) is 5.56 Å². The van der Waals surface area contributed by atoms with Gasteiger partial charge in [0.15, 0.2) is 0 Å². The number of aromatic nitrogens is 1. The summed E-state index contributed by atoms with van der Waals surface area (Å²) in [7, 11) is 0. The maximum Gasteiger partial charge on any atom is 0.250 e. The second kappa shape index (κ2) is 8.33. The minimum absolute atomic E-state index is 0.109. The molecule has 3 unspecified atom stereocenters. The lowest BCUT2D eigenvalue weighted by Gasteiger charge is -2.43. The van der Waals surface area contributed by atoms with Crippen molar-refractivity contribution < 1.29 is 9.84 Å². The Morgan fingerprint density at radius 1 is 1.17 bits per heavy atom. The lowest BCUT2D eigenvalue weighted by atomic mass is 9.83. The number of hydrogen-bond donors (Lipinski definition) is 1. The lowest BCUT2D eigenvalue weighted by molar-refractivity contribution is 0.0381. The van der Waals surface area contributed by atoms with Crippen LogP contribution in [0.25, 0.3) is 0 Å². The van der Waals surface area contributed by atoms with E-state index in [1.54, 1.807) is 6.07 Å². The summed E-state index contributed by atoms with van der Waals surface area (Å²) in [6.45, 7) is 9.87.